The number of benzene rings is 1. The average Bonchev–Trinajstić information content (AvgIpc) is 2.30. The van der Waals surface area contributed by atoms with Gasteiger partial charge in [-0.15, -0.1) is 0 Å². The largest absolute Gasteiger partial charge is 0.418 e. The van der Waals surface area contributed by atoms with Gasteiger partial charge in [-0.3, -0.25) is 4.90 Å². The van der Waals surface area contributed by atoms with Gasteiger partial charge in [0.15, 0.2) is 0 Å². The number of nitrogens with two attached hydrogens (primary N) is 1. The monoisotopic (exact) mass is 273 g/mol. The van der Waals surface area contributed by atoms with Gasteiger partial charge in [0.05, 0.1) is 5.56 Å². The van der Waals surface area contributed by atoms with Crippen molar-refractivity contribution in [1.29, 1.82) is 0 Å². The Hall–Kier alpha value is -1.27. The van der Waals surface area contributed by atoms with E-state index in [0.29, 0.717) is 6.54 Å². The fourth-order valence-electron chi connectivity index (χ4n) is 2.23. The maximum atomic E-state index is 12.6. The van der Waals surface area contributed by atoms with E-state index >= 15 is 0 Å². The fourth-order valence-corrected chi connectivity index (χ4v) is 2.23. The molecular weight excluding hydrogens is 255 g/mol. The van der Waals surface area contributed by atoms with Crippen molar-refractivity contribution in [2.24, 2.45) is 0 Å². The Bertz CT molecular complexity index is 437. The molecule has 0 saturated carbocycles. The van der Waals surface area contributed by atoms with Gasteiger partial charge >= 0.3 is 6.18 Å². The Labute approximate surface area is 110 Å². The predicted octanol–water partition coefficient (Wildman–Crippen LogP) is 2.04. The maximum Gasteiger partial charge on any atom is 0.418 e. The summed E-state index contributed by atoms with van der Waals surface area (Å²) in [5.74, 6) is 0. The molecule has 0 aromatic heterocycles. The molecule has 1 saturated heterocycles. The molecule has 1 aliphatic rings. The molecule has 0 amide bonds. The summed E-state index contributed by atoms with van der Waals surface area (Å²) in [7, 11) is 2.06. The third-order valence-electron chi connectivity index (χ3n) is 3.42. The van der Waals surface area contributed by atoms with Crippen molar-refractivity contribution >= 4 is 5.69 Å². The molecule has 0 spiro atoms. The summed E-state index contributed by atoms with van der Waals surface area (Å²) in [6.45, 7) is 4.47. The van der Waals surface area contributed by atoms with Gasteiger partial charge in [-0.25, -0.2) is 0 Å². The molecule has 1 aromatic rings. The van der Waals surface area contributed by atoms with Gasteiger partial charge < -0.3 is 10.6 Å². The Morgan fingerprint density at radius 1 is 1.16 bits per heavy atom. The lowest BCUT2D eigenvalue weighted by molar-refractivity contribution is -0.136. The minimum absolute atomic E-state index is 0.195. The molecule has 19 heavy (non-hydrogen) atoms. The number of hydrogen-bond donors (Lipinski definition) is 1. The fraction of sp³-hybridized carbons (Fsp3) is 0.538. The zero-order valence-corrected chi connectivity index (χ0v) is 10.9. The highest BCUT2D eigenvalue weighted by Gasteiger charge is 2.32. The quantitative estimate of drug-likeness (QED) is 0.837. The first kappa shape index (κ1) is 14.1. The number of nitrogen functional groups attached to an aromatic ring is 1. The molecule has 0 atom stereocenters. The zero-order valence-electron chi connectivity index (χ0n) is 10.9. The van der Waals surface area contributed by atoms with Crippen molar-refractivity contribution in [1.82, 2.24) is 9.80 Å². The summed E-state index contributed by atoms with van der Waals surface area (Å²) >= 11 is 0. The number of hydrogen-bond acceptors (Lipinski definition) is 3. The lowest BCUT2D eigenvalue weighted by atomic mass is 10.1. The molecule has 1 aromatic carbocycles. The van der Waals surface area contributed by atoms with Crippen LogP contribution < -0.4 is 5.73 Å². The normalized spacial score (nSPS) is 18.7. The Kier molecular flexibility index (Phi) is 4.01. The number of halogens is 3. The maximum absolute atomic E-state index is 12.6. The number of likely N-dealkylation sites (N-methyl/N-ethyl adjacent to an activating group) is 1. The molecule has 0 bridgehead atoms. The van der Waals surface area contributed by atoms with Crippen molar-refractivity contribution in [3.63, 3.8) is 0 Å². The molecule has 1 aliphatic heterocycles. The number of piperazine rings is 1. The van der Waals surface area contributed by atoms with Gasteiger partial charge in [-0.1, -0.05) is 6.07 Å². The second-order valence-electron chi connectivity index (χ2n) is 5.00. The second-order valence-corrected chi connectivity index (χ2v) is 5.00. The van der Waals surface area contributed by atoms with Gasteiger partial charge in [0.25, 0.3) is 0 Å². The van der Waals surface area contributed by atoms with Crippen LogP contribution in [-0.4, -0.2) is 43.0 Å². The van der Waals surface area contributed by atoms with Gasteiger partial charge in [0.1, 0.15) is 0 Å². The highest BCUT2D eigenvalue weighted by atomic mass is 19.4. The van der Waals surface area contributed by atoms with E-state index in [1.54, 1.807) is 0 Å². The van der Waals surface area contributed by atoms with E-state index < -0.39 is 11.7 Å². The summed E-state index contributed by atoms with van der Waals surface area (Å²) in [6, 6.07) is 4.01. The third kappa shape index (κ3) is 3.61. The molecule has 2 rings (SSSR count). The minimum atomic E-state index is -4.38. The topological polar surface area (TPSA) is 32.5 Å². The smallest absolute Gasteiger partial charge is 0.398 e. The van der Waals surface area contributed by atoms with E-state index in [2.05, 4.69) is 16.8 Å². The van der Waals surface area contributed by atoms with Gasteiger partial charge in [0, 0.05) is 38.4 Å². The predicted molar refractivity (Wildman–Crippen MR) is 68.6 cm³/mol. The highest BCUT2D eigenvalue weighted by molar-refractivity contribution is 5.50. The van der Waals surface area contributed by atoms with Crippen molar-refractivity contribution in [3.8, 4) is 0 Å². The Balaban J connectivity index is 2.04. The van der Waals surface area contributed by atoms with Crippen LogP contribution in [0.4, 0.5) is 18.9 Å². The van der Waals surface area contributed by atoms with Crippen LogP contribution in [-0.2, 0) is 12.7 Å². The lowest BCUT2D eigenvalue weighted by Crippen LogP contribution is -2.43. The van der Waals surface area contributed by atoms with Crippen LogP contribution in [0.3, 0.4) is 0 Å². The Morgan fingerprint density at radius 2 is 1.79 bits per heavy atom. The Morgan fingerprint density at radius 3 is 2.32 bits per heavy atom. The minimum Gasteiger partial charge on any atom is -0.398 e. The lowest BCUT2D eigenvalue weighted by Gasteiger charge is -2.32. The molecule has 0 aliphatic carbocycles. The van der Waals surface area contributed by atoms with E-state index in [1.165, 1.54) is 12.1 Å². The van der Waals surface area contributed by atoms with Crippen LogP contribution in [0.1, 0.15) is 11.1 Å². The van der Waals surface area contributed by atoms with E-state index in [0.717, 1.165) is 37.8 Å². The number of anilines is 1. The number of nitrogens with zero attached hydrogens (tertiary/aromatic N) is 2. The average molecular weight is 273 g/mol. The highest BCUT2D eigenvalue weighted by Crippen LogP contribution is 2.33. The van der Waals surface area contributed by atoms with Gasteiger partial charge in [-0.05, 0) is 24.7 Å². The second kappa shape index (κ2) is 5.38. The summed E-state index contributed by atoms with van der Waals surface area (Å²) in [5.41, 5.74) is 5.37. The van der Waals surface area contributed by atoms with Crippen LogP contribution in [0.25, 0.3) is 0 Å². The SMILES string of the molecule is CN1CCN(Cc2ccc(C(F)(F)F)c(N)c2)CC1. The molecular formula is C13H18F3N3. The van der Waals surface area contributed by atoms with Crippen molar-refractivity contribution in [2.75, 3.05) is 39.0 Å². The van der Waals surface area contributed by atoms with Crippen LogP contribution in [0.15, 0.2) is 18.2 Å². The molecule has 6 heteroatoms. The first-order valence-electron chi connectivity index (χ1n) is 6.23. The van der Waals surface area contributed by atoms with E-state index in [-0.39, 0.29) is 5.69 Å². The van der Waals surface area contributed by atoms with Crippen LogP contribution >= 0.6 is 0 Å². The summed E-state index contributed by atoms with van der Waals surface area (Å²) in [5, 5.41) is 0. The van der Waals surface area contributed by atoms with E-state index in [9.17, 15) is 13.2 Å². The van der Waals surface area contributed by atoms with E-state index in [1.807, 2.05) is 0 Å². The molecule has 2 N–H and O–H groups in total. The summed E-state index contributed by atoms with van der Waals surface area (Å²) in [6.07, 6.45) is -4.38. The van der Waals surface area contributed by atoms with Crippen LogP contribution in [0.2, 0.25) is 0 Å². The first-order valence-corrected chi connectivity index (χ1v) is 6.23. The molecule has 0 unspecified atom stereocenters. The number of alkyl halides is 3. The molecule has 106 valence electrons. The summed E-state index contributed by atoms with van der Waals surface area (Å²) < 4.78 is 37.8. The van der Waals surface area contributed by atoms with Gasteiger partial charge in [-0.2, -0.15) is 13.2 Å². The van der Waals surface area contributed by atoms with Gasteiger partial charge in [0.2, 0.25) is 0 Å². The standard InChI is InChI=1S/C13H18F3N3/c1-18-4-6-19(7-5-18)9-10-2-3-11(12(17)8-10)13(14,15)16/h2-3,8H,4-7,9,17H2,1H3. The first-order chi connectivity index (χ1) is 8.86. The van der Waals surface area contributed by atoms with Crippen LogP contribution in [0, 0.1) is 0 Å². The van der Waals surface area contributed by atoms with Crippen LogP contribution in [0.5, 0.6) is 0 Å². The van der Waals surface area contributed by atoms with Crippen molar-refractivity contribution < 1.29 is 13.2 Å². The molecule has 3 nitrogen and oxygen atoms in total. The zero-order chi connectivity index (χ0) is 14.0. The molecule has 1 fully saturated rings. The van der Waals surface area contributed by atoms with Crippen molar-refractivity contribution in [3.05, 3.63) is 29.3 Å². The molecule has 0 radical (unpaired) electrons. The van der Waals surface area contributed by atoms with Crippen molar-refractivity contribution in [2.45, 2.75) is 12.7 Å². The summed E-state index contributed by atoms with van der Waals surface area (Å²) in [4.78, 5) is 4.46. The molecule has 1 heterocycles. The number of rotatable bonds is 2. The van der Waals surface area contributed by atoms with E-state index in [4.69, 9.17) is 5.73 Å². The third-order valence-corrected chi connectivity index (χ3v) is 3.42.